The molecule has 8 nitrogen and oxygen atoms in total. The van der Waals surface area contributed by atoms with E-state index in [-0.39, 0.29) is 30.1 Å². The van der Waals surface area contributed by atoms with Crippen LogP contribution in [-0.4, -0.2) is 47.1 Å². The van der Waals surface area contributed by atoms with Gasteiger partial charge in [0.2, 0.25) is 5.43 Å². The van der Waals surface area contributed by atoms with Gasteiger partial charge in [0.05, 0.1) is 23.9 Å². The third-order valence-electron chi connectivity index (χ3n) is 4.44. The molecule has 2 aliphatic rings. The molecule has 0 spiro atoms. The number of amides is 1. The van der Waals surface area contributed by atoms with Crippen molar-refractivity contribution in [2.75, 3.05) is 19.6 Å². The first kappa shape index (κ1) is 16.4. The first-order chi connectivity index (χ1) is 12.6. The van der Waals surface area contributed by atoms with E-state index in [9.17, 15) is 14.0 Å². The van der Waals surface area contributed by atoms with Crippen molar-refractivity contribution in [3.05, 3.63) is 58.3 Å². The number of halogens is 1. The van der Waals surface area contributed by atoms with Crippen molar-refractivity contribution in [1.29, 1.82) is 0 Å². The summed E-state index contributed by atoms with van der Waals surface area (Å²) in [7, 11) is 0. The Morgan fingerprint density at radius 1 is 1.31 bits per heavy atom. The Bertz CT molecular complexity index is 925. The fourth-order valence-electron chi connectivity index (χ4n) is 3.02. The largest absolute Gasteiger partial charge is 0.390 e. The van der Waals surface area contributed by atoms with Crippen molar-refractivity contribution in [3.8, 4) is 5.69 Å². The van der Waals surface area contributed by atoms with Gasteiger partial charge >= 0.3 is 0 Å². The lowest BCUT2D eigenvalue weighted by atomic mass is 10.0. The second-order valence-electron chi connectivity index (χ2n) is 6.12. The third kappa shape index (κ3) is 3.08. The molecule has 1 fully saturated rings. The van der Waals surface area contributed by atoms with Crippen LogP contribution in [0.5, 0.6) is 0 Å². The molecule has 2 N–H and O–H groups in total. The summed E-state index contributed by atoms with van der Waals surface area (Å²) >= 11 is 0. The number of fused-ring (bicyclic) bond motifs is 1. The maximum Gasteiger partial charge on any atom is 0.276 e. The fraction of sp³-hybridized carbons (Fsp3) is 0.294. The number of hydrogen-bond acceptors (Lipinski definition) is 6. The Morgan fingerprint density at radius 3 is 2.92 bits per heavy atom. The van der Waals surface area contributed by atoms with Crippen LogP contribution >= 0.6 is 0 Å². The zero-order valence-corrected chi connectivity index (χ0v) is 13.7. The summed E-state index contributed by atoms with van der Waals surface area (Å²) in [6.07, 6.45) is 1.43. The Morgan fingerprint density at radius 2 is 2.12 bits per heavy atom. The number of carbonyl (C=O) groups excluding carboxylic acids is 1. The third-order valence-corrected chi connectivity index (χ3v) is 4.44. The zero-order chi connectivity index (χ0) is 18.1. The van der Waals surface area contributed by atoms with Crippen LogP contribution < -0.4 is 16.1 Å². The second kappa shape index (κ2) is 6.68. The van der Waals surface area contributed by atoms with Gasteiger partial charge in [-0.05, 0) is 24.3 Å². The van der Waals surface area contributed by atoms with Crippen molar-refractivity contribution in [2.24, 2.45) is 11.1 Å². The number of nitrogens with one attached hydrogen (secondary N) is 2. The molecule has 4 rings (SSSR count). The predicted molar refractivity (Wildman–Crippen MR) is 90.8 cm³/mol. The maximum absolute atomic E-state index is 13.0. The van der Waals surface area contributed by atoms with Gasteiger partial charge < -0.3 is 15.5 Å². The van der Waals surface area contributed by atoms with Gasteiger partial charge in [0.15, 0.2) is 5.69 Å². The number of benzene rings is 1. The lowest BCUT2D eigenvalue weighted by molar-refractivity contribution is 0.0841. The van der Waals surface area contributed by atoms with Crippen LogP contribution in [-0.2, 0) is 4.84 Å². The molecule has 3 heterocycles. The molecule has 2 aromatic rings. The van der Waals surface area contributed by atoms with Crippen molar-refractivity contribution in [3.63, 3.8) is 0 Å². The van der Waals surface area contributed by atoms with Gasteiger partial charge in [-0.25, -0.2) is 9.07 Å². The molecule has 26 heavy (non-hydrogen) atoms. The molecule has 2 unspecified atom stereocenters. The number of oxime groups is 1. The molecule has 1 saturated heterocycles. The topological polar surface area (TPSA) is 97.6 Å². The normalized spacial score (nSPS) is 21.0. The molecule has 0 radical (unpaired) electrons. The Hall–Kier alpha value is -3.07. The van der Waals surface area contributed by atoms with Crippen LogP contribution in [0.25, 0.3) is 5.69 Å². The van der Waals surface area contributed by atoms with E-state index in [1.165, 1.54) is 41.2 Å². The van der Waals surface area contributed by atoms with E-state index >= 15 is 0 Å². The molecule has 9 heteroatoms. The van der Waals surface area contributed by atoms with Gasteiger partial charge in [-0.3, -0.25) is 9.59 Å². The summed E-state index contributed by atoms with van der Waals surface area (Å²) in [6.45, 7) is 1.67. The lowest BCUT2D eigenvalue weighted by Gasteiger charge is -2.10. The molecule has 0 bridgehead atoms. The van der Waals surface area contributed by atoms with Crippen LogP contribution in [0.1, 0.15) is 10.5 Å². The molecule has 0 aliphatic carbocycles. The summed E-state index contributed by atoms with van der Waals surface area (Å²) < 4.78 is 14.4. The molecule has 2 aliphatic heterocycles. The van der Waals surface area contributed by atoms with Gasteiger partial charge in [-0.15, -0.1) is 0 Å². The number of carbonyl (C=O) groups is 1. The first-order valence-corrected chi connectivity index (χ1v) is 8.19. The average Bonchev–Trinajstić information content (AvgIpc) is 3.25. The monoisotopic (exact) mass is 357 g/mol. The molecule has 0 saturated carbocycles. The van der Waals surface area contributed by atoms with Crippen LogP contribution in [0.3, 0.4) is 0 Å². The molecule has 1 amide bonds. The van der Waals surface area contributed by atoms with E-state index in [1.54, 1.807) is 0 Å². The van der Waals surface area contributed by atoms with Crippen LogP contribution in [0.15, 0.2) is 46.5 Å². The van der Waals surface area contributed by atoms with Gasteiger partial charge in [0.1, 0.15) is 11.9 Å². The smallest absolute Gasteiger partial charge is 0.276 e. The van der Waals surface area contributed by atoms with Crippen molar-refractivity contribution < 1.29 is 14.0 Å². The highest BCUT2D eigenvalue weighted by atomic mass is 19.1. The molecule has 1 aromatic heterocycles. The SMILES string of the molecule is O=C(NCC1=NOC2CNCC12)c1nn(-c2ccc(F)cc2)ccc1=O. The van der Waals surface area contributed by atoms with Crippen LogP contribution in [0.2, 0.25) is 0 Å². The van der Waals surface area contributed by atoms with Gasteiger partial charge in [0.25, 0.3) is 5.91 Å². The Kier molecular flexibility index (Phi) is 4.21. The number of rotatable bonds is 4. The number of nitrogens with zero attached hydrogens (tertiary/aromatic N) is 3. The van der Waals surface area contributed by atoms with Gasteiger partial charge in [-0.1, -0.05) is 5.16 Å². The average molecular weight is 357 g/mol. The highest BCUT2D eigenvalue weighted by Gasteiger charge is 2.37. The highest BCUT2D eigenvalue weighted by molar-refractivity contribution is 5.97. The molecule has 2 atom stereocenters. The van der Waals surface area contributed by atoms with Gasteiger partial charge in [-0.2, -0.15) is 5.10 Å². The minimum absolute atomic E-state index is 0.00690. The standard InChI is InChI=1S/C17H16FN5O3/c18-10-1-3-11(4-2-10)23-6-5-14(24)16(21-23)17(25)20-8-13-12-7-19-9-15(12)26-22-13/h1-6,12,15,19H,7-9H2,(H,20,25). The second-order valence-corrected chi connectivity index (χ2v) is 6.12. The van der Waals surface area contributed by atoms with Crippen LogP contribution in [0.4, 0.5) is 4.39 Å². The number of aromatic nitrogens is 2. The fourth-order valence-corrected chi connectivity index (χ4v) is 3.02. The lowest BCUT2D eigenvalue weighted by Crippen LogP contribution is -2.37. The summed E-state index contributed by atoms with van der Waals surface area (Å²) in [6, 6.07) is 6.81. The zero-order valence-electron chi connectivity index (χ0n) is 13.7. The summed E-state index contributed by atoms with van der Waals surface area (Å²) in [5.41, 5.74) is 0.542. The van der Waals surface area contributed by atoms with Crippen molar-refractivity contribution in [1.82, 2.24) is 20.4 Å². The minimum Gasteiger partial charge on any atom is -0.390 e. The van der Waals surface area contributed by atoms with E-state index in [1.807, 2.05) is 0 Å². The summed E-state index contributed by atoms with van der Waals surface area (Å²) in [4.78, 5) is 29.7. The summed E-state index contributed by atoms with van der Waals surface area (Å²) in [5.74, 6) is -0.842. The molecule has 134 valence electrons. The van der Waals surface area contributed by atoms with Crippen molar-refractivity contribution in [2.45, 2.75) is 6.10 Å². The van der Waals surface area contributed by atoms with Crippen molar-refractivity contribution >= 4 is 11.6 Å². The van der Waals surface area contributed by atoms with E-state index in [2.05, 4.69) is 20.9 Å². The predicted octanol–water partition coefficient (Wildman–Crippen LogP) is 0.0756. The minimum atomic E-state index is -0.594. The maximum atomic E-state index is 13.0. The number of hydrogen-bond donors (Lipinski definition) is 2. The molecular formula is C17H16FN5O3. The molecular weight excluding hydrogens is 341 g/mol. The van der Waals surface area contributed by atoms with Crippen LogP contribution in [0, 0.1) is 11.7 Å². The Labute approximate surface area is 147 Å². The summed E-state index contributed by atoms with van der Waals surface area (Å²) in [5, 5.41) is 13.9. The first-order valence-electron chi connectivity index (χ1n) is 8.19. The van der Waals surface area contributed by atoms with E-state index in [0.717, 1.165) is 18.8 Å². The van der Waals surface area contributed by atoms with E-state index < -0.39 is 11.3 Å². The highest BCUT2D eigenvalue weighted by Crippen LogP contribution is 2.21. The van der Waals surface area contributed by atoms with E-state index in [4.69, 9.17) is 4.84 Å². The quantitative estimate of drug-likeness (QED) is 0.807. The molecule has 1 aromatic carbocycles. The van der Waals surface area contributed by atoms with Gasteiger partial charge in [0, 0.05) is 25.4 Å². The van der Waals surface area contributed by atoms with E-state index in [0.29, 0.717) is 5.69 Å². The Balaban J connectivity index is 1.49.